The standard InChI is InChI=1S/C13H18N2O5/c1-13(2,5-6-16)8-14-10-4-3-9(12(17)18)7-11(10)15(19)20/h3-4,7,14,16H,5-6,8H2,1-2H3,(H,17,18). The Labute approximate surface area is 116 Å². The maximum Gasteiger partial charge on any atom is 0.335 e. The molecule has 0 aliphatic rings. The summed E-state index contributed by atoms with van der Waals surface area (Å²) >= 11 is 0. The molecular formula is C13H18N2O5. The van der Waals surface area contributed by atoms with Crippen LogP contribution in [0.2, 0.25) is 0 Å². The van der Waals surface area contributed by atoms with Crippen LogP contribution in [0.15, 0.2) is 18.2 Å². The van der Waals surface area contributed by atoms with Gasteiger partial charge in [0.25, 0.3) is 5.69 Å². The molecule has 0 aromatic heterocycles. The third-order valence-electron chi connectivity index (χ3n) is 2.99. The van der Waals surface area contributed by atoms with Crippen LogP contribution in [0.25, 0.3) is 0 Å². The molecule has 1 aromatic rings. The minimum absolute atomic E-state index is 0.0364. The highest BCUT2D eigenvalue weighted by Gasteiger charge is 2.21. The first-order valence-corrected chi connectivity index (χ1v) is 6.13. The summed E-state index contributed by atoms with van der Waals surface area (Å²) in [4.78, 5) is 21.2. The lowest BCUT2D eigenvalue weighted by atomic mass is 9.89. The van der Waals surface area contributed by atoms with Gasteiger partial charge in [0.2, 0.25) is 0 Å². The number of aromatic carboxylic acids is 1. The van der Waals surface area contributed by atoms with Crippen molar-refractivity contribution < 1.29 is 19.9 Å². The van der Waals surface area contributed by atoms with Gasteiger partial charge in [-0.05, 0) is 24.0 Å². The molecule has 0 fully saturated rings. The summed E-state index contributed by atoms with van der Waals surface area (Å²) in [5.41, 5.74) is -0.360. The molecule has 0 radical (unpaired) electrons. The summed E-state index contributed by atoms with van der Waals surface area (Å²) in [7, 11) is 0. The van der Waals surface area contributed by atoms with E-state index in [1.54, 1.807) is 0 Å². The predicted octanol–water partition coefficient (Wildman–Crippen LogP) is 2.11. The average Bonchev–Trinajstić information content (AvgIpc) is 2.36. The Balaban J connectivity index is 2.95. The van der Waals surface area contributed by atoms with Gasteiger partial charge in [-0.1, -0.05) is 13.8 Å². The molecule has 3 N–H and O–H groups in total. The zero-order chi connectivity index (χ0) is 15.3. The largest absolute Gasteiger partial charge is 0.478 e. The van der Waals surface area contributed by atoms with Gasteiger partial charge in [0.1, 0.15) is 5.69 Å². The van der Waals surface area contributed by atoms with E-state index in [1.807, 2.05) is 13.8 Å². The predicted molar refractivity (Wildman–Crippen MR) is 74.0 cm³/mol. The van der Waals surface area contributed by atoms with Crippen molar-refractivity contribution in [2.75, 3.05) is 18.5 Å². The zero-order valence-corrected chi connectivity index (χ0v) is 11.4. The molecule has 0 aliphatic carbocycles. The number of carboxylic acids is 1. The van der Waals surface area contributed by atoms with Gasteiger partial charge in [0.05, 0.1) is 10.5 Å². The van der Waals surface area contributed by atoms with Gasteiger partial charge in [0.15, 0.2) is 0 Å². The van der Waals surface area contributed by atoms with Gasteiger partial charge in [-0.15, -0.1) is 0 Å². The van der Waals surface area contributed by atoms with Crippen LogP contribution in [0.5, 0.6) is 0 Å². The van der Waals surface area contributed by atoms with Crippen LogP contribution in [0.3, 0.4) is 0 Å². The van der Waals surface area contributed by atoms with Crippen LogP contribution in [-0.4, -0.2) is 34.3 Å². The second-order valence-electron chi connectivity index (χ2n) is 5.29. The van der Waals surface area contributed by atoms with Crippen molar-refractivity contribution in [3.63, 3.8) is 0 Å². The molecule has 0 unspecified atom stereocenters. The highest BCUT2D eigenvalue weighted by atomic mass is 16.6. The second-order valence-corrected chi connectivity index (χ2v) is 5.29. The number of rotatable bonds is 7. The van der Waals surface area contributed by atoms with E-state index in [1.165, 1.54) is 12.1 Å². The molecule has 7 heteroatoms. The van der Waals surface area contributed by atoms with E-state index in [9.17, 15) is 14.9 Å². The van der Waals surface area contributed by atoms with Gasteiger partial charge in [-0.25, -0.2) is 4.79 Å². The van der Waals surface area contributed by atoms with E-state index in [2.05, 4.69) is 5.32 Å². The number of carboxylic acid groups (broad SMARTS) is 1. The summed E-state index contributed by atoms with van der Waals surface area (Å²) in [6.07, 6.45) is 0.557. The molecule has 1 rings (SSSR count). The van der Waals surface area contributed by atoms with Gasteiger partial charge >= 0.3 is 5.97 Å². The number of carbonyl (C=O) groups is 1. The number of nitro groups is 1. The van der Waals surface area contributed by atoms with Crippen LogP contribution < -0.4 is 5.32 Å². The Morgan fingerprint density at radius 2 is 2.10 bits per heavy atom. The number of benzene rings is 1. The van der Waals surface area contributed by atoms with Crippen LogP contribution in [-0.2, 0) is 0 Å². The number of hydrogen-bond donors (Lipinski definition) is 3. The van der Waals surface area contributed by atoms with Gasteiger partial charge in [0, 0.05) is 19.2 Å². The molecule has 0 spiro atoms. The number of aliphatic hydroxyl groups excluding tert-OH is 1. The number of nitro benzene ring substituents is 1. The summed E-state index contributed by atoms with van der Waals surface area (Å²) in [5, 5.41) is 31.7. The van der Waals surface area contributed by atoms with Crippen molar-refractivity contribution in [3.05, 3.63) is 33.9 Å². The number of hydrogen-bond acceptors (Lipinski definition) is 5. The van der Waals surface area contributed by atoms with E-state index >= 15 is 0 Å². The van der Waals surface area contributed by atoms with Gasteiger partial charge < -0.3 is 15.5 Å². The third kappa shape index (κ3) is 4.20. The van der Waals surface area contributed by atoms with Crippen LogP contribution in [0.1, 0.15) is 30.6 Å². The number of aliphatic hydroxyl groups is 1. The normalized spacial score (nSPS) is 11.2. The number of anilines is 1. The van der Waals surface area contributed by atoms with Gasteiger partial charge in [-0.2, -0.15) is 0 Å². The molecule has 20 heavy (non-hydrogen) atoms. The highest BCUT2D eigenvalue weighted by molar-refractivity contribution is 5.89. The molecule has 110 valence electrons. The Morgan fingerprint density at radius 3 is 2.60 bits per heavy atom. The molecule has 7 nitrogen and oxygen atoms in total. The molecular weight excluding hydrogens is 264 g/mol. The zero-order valence-electron chi connectivity index (χ0n) is 11.4. The summed E-state index contributed by atoms with van der Waals surface area (Å²) in [5.74, 6) is -1.21. The van der Waals surface area contributed by atoms with Crippen molar-refractivity contribution in [1.82, 2.24) is 0 Å². The molecule has 0 heterocycles. The summed E-state index contributed by atoms with van der Waals surface area (Å²) in [6, 6.07) is 3.73. The Hall–Kier alpha value is -2.15. The monoisotopic (exact) mass is 282 g/mol. The Morgan fingerprint density at radius 1 is 1.45 bits per heavy atom. The molecule has 1 aromatic carbocycles. The van der Waals surface area contributed by atoms with Crippen molar-refractivity contribution in [3.8, 4) is 0 Å². The van der Waals surface area contributed by atoms with Crippen LogP contribution >= 0.6 is 0 Å². The first-order valence-electron chi connectivity index (χ1n) is 6.13. The fraction of sp³-hybridized carbons (Fsp3) is 0.462. The van der Waals surface area contributed by atoms with E-state index in [0.29, 0.717) is 13.0 Å². The summed E-state index contributed by atoms with van der Waals surface area (Å²) < 4.78 is 0. The topological polar surface area (TPSA) is 113 Å². The molecule has 0 saturated heterocycles. The summed E-state index contributed by atoms with van der Waals surface area (Å²) in [6.45, 7) is 4.32. The first kappa shape index (κ1) is 15.9. The first-order chi connectivity index (χ1) is 9.26. The average molecular weight is 282 g/mol. The maximum absolute atomic E-state index is 11.0. The second kappa shape index (κ2) is 6.33. The maximum atomic E-state index is 11.0. The Kier molecular flexibility index (Phi) is 5.04. The van der Waals surface area contributed by atoms with Crippen molar-refractivity contribution in [2.24, 2.45) is 5.41 Å². The minimum Gasteiger partial charge on any atom is -0.478 e. The van der Waals surface area contributed by atoms with Crippen molar-refractivity contribution in [2.45, 2.75) is 20.3 Å². The quantitative estimate of drug-likeness (QED) is 0.521. The highest BCUT2D eigenvalue weighted by Crippen LogP contribution is 2.28. The fourth-order valence-electron chi connectivity index (χ4n) is 1.69. The number of nitrogens with one attached hydrogen (secondary N) is 1. The molecule has 0 aliphatic heterocycles. The SMILES string of the molecule is CC(C)(CCO)CNc1ccc(C(=O)O)cc1[N+](=O)[O-]. The Bertz CT molecular complexity index is 513. The van der Waals surface area contributed by atoms with E-state index in [4.69, 9.17) is 10.2 Å². The van der Waals surface area contributed by atoms with Crippen molar-refractivity contribution >= 4 is 17.3 Å². The molecule has 0 bridgehead atoms. The molecule has 0 atom stereocenters. The van der Waals surface area contributed by atoms with Gasteiger partial charge in [-0.3, -0.25) is 10.1 Å². The number of nitrogens with zero attached hydrogens (tertiary/aromatic N) is 1. The minimum atomic E-state index is -1.21. The van der Waals surface area contributed by atoms with E-state index in [-0.39, 0.29) is 29.0 Å². The van der Waals surface area contributed by atoms with E-state index < -0.39 is 10.9 Å². The lowest BCUT2D eigenvalue weighted by Gasteiger charge is -2.24. The fourth-order valence-corrected chi connectivity index (χ4v) is 1.69. The van der Waals surface area contributed by atoms with E-state index in [0.717, 1.165) is 6.07 Å². The van der Waals surface area contributed by atoms with Crippen LogP contribution in [0.4, 0.5) is 11.4 Å². The molecule has 0 saturated carbocycles. The smallest absolute Gasteiger partial charge is 0.335 e. The third-order valence-corrected chi connectivity index (χ3v) is 2.99. The molecule has 0 amide bonds. The lowest BCUT2D eigenvalue weighted by Crippen LogP contribution is -2.24. The van der Waals surface area contributed by atoms with Crippen molar-refractivity contribution in [1.29, 1.82) is 0 Å². The van der Waals surface area contributed by atoms with Crippen LogP contribution in [0, 0.1) is 15.5 Å². The lowest BCUT2D eigenvalue weighted by molar-refractivity contribution is -0.384.